The van der Waals surface area contributed by atoms with Gasteiger partial charge in [0, 0.05) is 24.9 Å². The number of rotatable bonds is 7. The molecule has 164 valence electrons. The zero-order valence-corrected chi connectivity index (χ0v) is 19.0. The molecule has 7 heteroatoms. The molecule has 1 aromatic heterocycles. The predicted octanol–water partition coefficient (Wildman–Crippen LogP) is 4.08. The smallest absolute Gasteiger partial charge is 0.222 e. The number of amides is 1. The van der Waals surface area contributed by atoms with E-state index in [9.17, 15) is 9.59 Å². The Bertz CT molecular complexity index is 785. The van der Waals surface area contributed by atoms with E-state index in [1.807, 2.05) is 4.90 Å². The lowest BCUT2D eigenvalue weighted by molar-refractivity contribution is -0.141. The number of likely N-dealkylation sites (tertiary alicyclic amines) is 1. The summed E-state index contributed by atoms with van der Waals surface area (Å²) in [4.78, 5) is 27.6. The highest BCUT2D eigenvalue weighted by Gasteiger charge is 2.54. The van der Waals surface area contributed by atoms with Crippen LogP contribution in [0, 0.1) is 23.2 Å². The maximum absolute atomic E-state index is 13.3. The third-order valence-electron chi connectivity index (χ3n) is 8.08. The summed E-state index contributed by atoms with van der Waals surface area (Å²) < 4.78 is 2.09. The molecule has 1 aromatic rings. The Morgan fingerprint density at radius 3 is 2.43 bits per heavy atom. The van der Waals surface area contributed by atoms with Crippen molar-refractivity contribution in [1.82, 2.24) is 19.7 Å². The number of Topliss-reactive ketones (excluding diaryl/α,β-unsaturated/α-hetero) is 1. The zero-order valence-electron chi connectivity index (χ0n) is 18.1. The molecule has 1 aliphatic heterocycles. The van der Waals surface area contributed by atoms with Gasteiger partial charge in [0.05, 0.1) is 12.3 Å². The fourth-order valence-electron chi connectivity index (χ4n) is 6.97. The summed E-state index contributed by atoms with van der Waals surface area (Å²) in [5.74, 6) is 4.41. The molecular weight excluding hydrogens is 396 g/mol. The van der Waals surface area contributed by atoms with E-state index in [0.717, 1.165) is 80.3 Å². The van der Waals surface area contributed by atoms with Crippen LogP contribution in [0.2, 0.25) is 0 Å². The van der Waals surface area contributed by atoms with Gasteiger partial charge < -0.3 is 9.47 Å². The van der Waals surface area contributed by atoms with E-state index >= 15 is 0 Å². The van der Waals surface area contributed by atoms with Crippen molar-refractivity contribution in [3.8, 4) is 0 Å². The summed E-state index contributed by atoms with van der Waals surface area (Å²) in [6.07, 6.45) is 11.3. The van der Waals surface area contributed by atoms with Crippen molar-refractivity contribution in [3.05, 3.63) is 5.82 Å². The summed E-state index contributed by atoms with van der Waals surface area (Å²) in [6, 6.07) is 0. The molecule has 0 atom stereocenters. The molecule has 0 aromatic carbocycles. The fraction of sp³-hybridized carbons (Fsp3) is 0.826. The minimum Gasteiger partial charge on any atom is -0.335 e. The van der Waals surface area contributed by atoms with Crippen molar-refractivity contribution in [2.24, 2.45) is 23.2 Å². The number of hydrogen-bond donors (Lipinski definition) is 0. The van der Waals surface area contributed by atoms with E-state index in [0.29, 0.717) is 24.5 Å². The summed E-state index contributed by atoms with van der Waals surface area (Å²) in [5.41, 5.74) is -0.0416. The summed E-state index contributed by atoms with van der Waals surface area (Å²) in [7, 11) is 0. The first-order valence-electron chi connectivity index (χ1n) is 11.9. The van der Waals surface area contributed by atoms with Crippen LogP contribution >= 0.6 is 11.8 Å². The van der Waals surface area contributed by atoms with Gasteiger partial charge in [0.15, 0.2) is 11.0 Å². The first kappa shape index (κ1) is 20.5. The van der Waals surface area contributed by atoms with E-state index in [1.165, 1.54) is 19.3 Å². The van der Waals surface area contributed by atoms with Crippen LogP contribution in [0.1, 0.15) is 77.0 Å². The van der Waals surface area contributed by atoms with E-state index in [4.69, 9.17) is 0 Å². The number of ketones is 1. The maximum atomic E-state index is 13.3. The molecule has 4 aliphatic carbocycles. The number of carbonyl (C=O) groups excluding carboxylic acids is 2. The molecule has 5 fully saturated rings. The Kier molecular flexibility index (Phi) is 5.67. The normalized spacial score (nSPS) is 33.2. The van der Waals surface area contributed by atoms with Crippen molar-refractivity contribution in [2.75, 3.05) is 12.3 Å². The monoisotopic (exact) mass is 430 g/mol. The Morgan fingerprint density at radius 1 is 1.07 bits per heavy atom. The van der Waals surface area contributed by atoms with Crippen LogP contribution < -0.4 is 0 Å². The number of thioether (sulfide) groups is 1. The van der Waals surface area contributed by atoms with Crippen molar-refractivity contribution >= 4 is 23.5 Å². The van der Waals surface area contributed by atoms with Crippen LogP contribution in [0.3, 0.4) is 0 Å². The third-order valence-corrected chi connectivity index (χ3v) is 9.04. The lowest BCUT2D eigenvalue weighted by atomic mass is 9.48. The van der Waals surface area contributed by atoms with E-state index in [1.54, 1.807) is 11.8 Å². The van der Waals surface area contributed by atoms with Crippen molar-refractivity contribution in [1.29, 1.82) is 0 Å². The van der Waals surface area contributed by atoms with Gasteiger partial charge in [-0.2, -0.15) is 0 Å². The second-order valence-electron chi connectivity index (χ2n) is 10.2. The number of hydrogen-bond acceptors (Lipinski definition) is 5. The van der Waals surface area contributed by atoms with Crippen molar-refractivity contribution in [2.45, 2.75) is 89.4 Å². The standard InChI is InChI=1S/C23H34N4O2S/c1-2-27-20(14-26-7-5-3-4-6-21(26)29)24-25-22(27)30-15-19(28)23-11-16-8-17(12-23)10-18(9-16)13-23/h16-18H,2-15H2,1H3. The summed E-state index contributed by atoms with van der Waals surface area (Å²) in [5, 5.41) is 9.64. The third kappa shape index (κ3) is 3.82. The van der Waals surface area contributed by atoms with Gasteiger partial charge >= 0.3 is 0 Å². The molecule has 0 N–H and O–H groups in total. The van der Waals surface area contributed by atoms with E-state index in [2.05, 4.69) is 21.7 Å². The predicted molar refractivity (Wildman–Crippen MR) is 116 cm³/mol. The molecule has 1 saturated heterocycles. The molecule has 2 heterocycles. The van der Waals surface area contributed by atoms with Gasteiger partial charge in [0.1, 0.15) is 5.78 Å². The molecule has 1 amide bonds. The Labute approximate surface area is 183 Å². The molecule has 4 saturated carbocycles. The van der Waals surface area contributed by atoms with Gasteiger partial charge in [0.25, 0.3) is 0 Å². The van der Waals surface area contributed by atoms with Gasteiger partial charge in [-0.15, -0.1) is 10.2 Å². The lowest BCUT2D eigenvalue weighted by Crippen LogP contribution is -2.50. The SMILES string of the molecule is CCn1c(CN2CCCCCC2=O)nnc1SCC(=O)C12CC3CC(CC(C3)C1)C2. The Hall–Kier alpha value is -1.37. The largest absolute Gasteiger partial charge is 0.335 e. The quantitative estimate of drug-likeness (QED) is 0.610. The number of carbonyl (C=O) groups is 2. The maximum Gasteiger partial charge on any atom is 0.222 e. The van der Waals surface area contributed by atoms with Crippen LogP contribution in [-0.2, 0) is 22.7 Å². The van der Waals surface area contributed by atoms with E-state index in [-0.39, 0.29) is 11.3 Å². The Morgan fingerprint density at radius 2 is 1.77 bits per heavy atom. The second-order valence-corrected chi connectivity index (χ2v) is 11.1. The highest BCUT2D eigenvalue weighted by Crippen LogP contribution is 2.60. The average molecular weight is 431 g/mol. The molecule has 30 heavy (non-hydrogen) atoms. The van der Waals surface area contributed by atoms with Gasteiger partial charge in [-0.25, -0.2) is 0 Å². The minimum absolute atomic E-state index is 0.0416. The van der Waals surface area contributed by atoms with Crippen LogP contribution in [-0.4, -0.2) is 43.7 Å². The molecule has 0 spiro atoms. The van der Waals surface area contributed by atoms with Gasteiger partial charge in [-0.3, -0.25) is 9.59 Å². The summed E-state index contributed by atoms with van der Waals surface area (Å²) in [6.45, 7) is 4.19. The first-order chi connectivity index (χ1) is 14.6. The number of aromatic nitrogens is 3. The molecule has 4 bridgehead atoms. The van der Waals surface area contributed by atoms with Gasteiger partial charge in [-0.1, -0.05) is 18.2 Å². The van der Waals surface area contributed by atoms with Crippen molar-refractivity contribution in [3.63, 3.8) is 0 Å². The van der Waals surface area contributed by atoms with Gasteiger partial charge in [-0.05, 0) is 76.0 Å². The highest BCUT2D eigenvalue weighted by atomic mass is 32.2. The topological polar surface area (TPSA) is 68.1 Å². The molecule has 5 aliphatic rings. The molecule has 6 rings (SSSR count). The van der Waals surface area contributed by atoms with Crippen LogP contribution in [0.4, 0.5) is 0 Å². The van der Waals surface area contributed by atoms with Crippen molar-refractivity contribution < 1.29 is 9.59 Å². The lowest BCUT2D eigenvalue weighted by Gasteiger charge is -2.56. The fourth-order valence-corrected chi connectivity index (χ4v) is 8.03. The molecule has 0 radical (unpaired) electrons. The average Bonchev–Trinajstić information content (AvgIpc) is 2.99. The summed E-state index contributed by atoms with van der Waals surface area (Å²) >= 11 is 1.55. The molecule has 6 nitrogen and oxygen atoms in total. The molecular formula is C23H34N4O2S. The zero-order chi connectivity index (χ0) is 20.7. The molecule has 0 unspecified atom stereocenters. The van der Waals surface area contributed by atoms with Gasteiger partial charge in [0.2, 0.25) is 5.91 Å². The second kappa shape index (κ2) is 8.29. The number of nitrogens with zero attached hydrogens (tertiary/aromatic N) is 4. The highest BCUT2D eigenvalue weighted by molar-refractivity contribution is 7.99. The Balaban J connectivity index is 1.24. The minimum atomic E-state index is -0.0416. The van der Waals surface area contributed by atoms with Crippen LogP contribution in [0.25, 0.3) is 0 Å². The van der Waals surface area contributed by atoms with Crippen LogP contribution in [0.15, 0.2) is 5.16 Å². The van der Waals surface area contributed by atoms with E-state index < -0.39 is 0 Å². The first-order valence-corrected chi connectivity index (χ1v) is 12.9. The van der Waals surface area contributed by atoms with Crippen LogP contribution in [0.5, 0.6) is 0 Å².